The van der Waals surface area contributed by atoms with Gasteiger partial charge in [-0.2, -0.15) is 0 Å². The lowest BCUT2D eigenvalue weighted by molar-refractivity contribution is 0.705. The minimum absolute atomic E-state index is 0.855. The van der Waals surface area contributed by atoms with Gasteiger partial charge in [-0.05, 0) is 18.6 Å². The van der Waals surface area contributed by atoms with Crippen LogP contribution in [0.3, 0.4) is 0 Å². The van der Waals surface area contributed by atoms with Crippen molar-refractivity contribution in [2.45, 2.75) is 6.42 Å². The van der Waals surface area contributed by atoms with Crippen LogP contribution in [0.15, 0.2) is 29.5 Å². The average molecular weight is 219 g/mol. The molecule has 0 saturated carbocycles. The molecule has 0 unspecified atom stereocenters. The highest BCUT2D eigenvalue weighted by molar-refractivity contribution is 5.80. The molecule has 0 spiro atoms. The molecule has 0 bridgehead atoms. The summed E-state index contributed by atoms with van der Waals surface area (Å²) in [6, 6.07) is 3.91. The van der Waals surface area contributed by atoms with Gasteiger partial charge in [-0.15, -0.1) is 0 Å². The number of nitrogens with zero attached hydrogens (tertiary/aromatic N) is 2. The molecular formula is C11H17N5. The number of nitrogens with one attached hydrogen (secondary N) is 3. The number of anilines is 1. The van der Waals surface area contributed by atoms with Crippen molar-refractivity contribution in [3.05, 3.63) is 24.5 Å². The Morgan fingerprint density at radius 1 is 1.19 bits per heavy atom. The molecule has 3 N–H and O–H groups in total. The third-order valence-electron chi connectivity index (χ3n) is 2.32. The van der Waals surface area contributed by atoms with Crippen molar-refractivity contribution in [2.75, 3.05) is 31.5 Å². The van der Waals surface area contributed by atoms with Crippen LogP contribution in [0.5, 0.6) is 0 Å². The van der Waals surface area contributed by atoms with Gasteiger partial charge in [-0.3, -0.25) is 9.98 Å². The summed E-state index contributed by atoms with van der Waals surface area (Å²) < 4.78 is 0. The van der Waals surface area contributed by atoms with Crippen LogP contribution >= 0.6 is 0 Å². The third kappa shape index (κ3) is 3.42. The molecule has 5 heteroatoms. The molecule has 5 nitrogen and oxygen atoms in total. The molecule has 86 valence electrons. The fourth-order valence-electron chi connectivity index (χ4n) is 1.51. The summed E-state index contributed by atoms with van der Waals surface area (Å²) in [5, 5.41) is 9.77. The second-order valence-corrected chi connectivity index (χ2v) is 3.60. The van der Waals surface area contributed by atoms with Gasteiger partial charge < -0.3 is 16.0 Å². The molecule has 0 amide bonds. The van der Waals surface area contributed by atoms with Crippen molar-refractivity contribution < 1.29 is 0 Å². The Bertz CT molecular complexity index is 335. The summed E-state index contributed by atoms with van der Waals surface area (Å²) in [4.78, 5) is 8.29. The minimum Gasteiger partial charge on any atom is -0.383 e. The third-order valence-corrected chi connectivity index (χ3v) is 2.32. The molecule has 1 aliphatic rings. The van der Waals surface area contributed by atoms with E-state index in [1.807, 2.05) is 12.1 Å². The van der Waals surface area contributed by atoms with Crippen molar-refractivity contribution in [1.29, 1.82) is 0 Å². The van der Waals surface area contributed by atoms with Gasteiger partial charge in [0.1, 0.15) is 0 Å². The Labute approximate surface area is 95.4 Å². The molecule has 2 rings (SSSR count). The molecule has 0 aliphatic carbocycles. The molecule has 16 heavy (non-hydrogen) atoms. The van der Waals surface area contributed by atoms with E-state index < -0.39 is 0 Å². The number of hydrogen-bond acceptors (Lipinski definition) is 5. The van der Waals surface area contributed by atoms with E-state index in [1.165, 1.54) is 0 Å². The second kappa shape index (κ2) is 5.95. The average Bonchev–Trinajstić information content (AvgIpc) is 2.37. The zero-order valence-corrected chi connectivity index (χ0v) is 9.24. The van der Waals surface area contributed by atoms with Crippen molar-refractivity contribution in [3.63, 3.8) is 0 Å². The van der Waals surface area contributed by atoms with Gasteiger partial charge in [0.05, 0.1) is 0 Å². The van der Waals surface area contributed by atoms with Crippen molar-refractivity contribution in [1.82, 2.24) is 15.6 Å². The van der Waals surface area contributed by atoms with Crippen LogP contribution in [-0.2, 0) is 0 Å². The van der Waals surface area contributed by atoms with Crippen LogP contribution < -0.4 is 16.0 Å². The number of pyridine rings is 1. The van der Waals surface area contributed by atoms with Crippen molar-refractivity contribution in [2.24, 2.45) is 4.99 Å². The fraction of sp³-hybridized carbons (Fsp3) is 0.455. The van der Waals surface area contributed by atoms with Crippen LogP contribution in [0.25, 0.3) is 0 Å². The standard InChI is InChI=1S/C11H17N5/c1-4-14-11(15-5-1)16-9-8-13-10-2-6-12-7-3-10/h2-3,6-7H,1,4-5,8-9H2,(H,12,13)(H2,14,15,16). The summed E-state index contributed by atoms with van der Waals surface area (Å²) in [5.74, 6) is 0.919. The minimum atomic E-state index is 0.855. The predicted molar refractivity (Wildman–Crippen MR) is 65.7 cm³/mol. The maximum absolute atomic E-state index is 4.33. The maximum atomic E-state index is 4.33. The number of aliphatic imine (C=N–C) groups is 1. The molecule has 1 aliphatic heterocycles. The van der Waals surface area contributed by atoms with Gasteiger partial charge in [-0.1, -0.05) is 0 Å². The molecule has 0 radical (unpaired) electrons. The van der Waals surface area contributed by atoms with Crippen molar-refractivity contribution in [3.8, 4) is 0 Å². The molecule has 1 aromatic rings. The van der Waals surface area contributed by atoms with Crippen LogP contribution in [-0.4, -0.2) is 37.1 Å². The Kier molecular flexibility index (Phi) is 3.99. The van der Waals surface area contributed by atoms with E-state index in [0.717, 1.165) is 44.2 Å². The summed E-state index contributed by atoms with van der Waals surface area (Å²) in [5.41, 5.74) is 1.09. The predicted octanol–water partition coefficient (Wildman–Crippen LogP) is 0.432. The molecule has 2 heterocycles. The van der Waals surface area contributed by atoms with E-state index >= 15 is 0 Å². The van der Waals surface area contributed by atoms with E-state index in [1.54, 1.807) is 12.4 Å². The van der Waals surface area contributed by atoms with Crippen LogP contribution in [0.2, 0.25) is 0 Å². The monoisotopic (exact) mass is 219 g/mol. The Balaban J connectivity index is 1.63. The van der Waals surface area contributed by atoms with E-state index in [9.17, 15) is 0 Å². The Hall–Kier alpha value is -1.78. The quantitative estimate of drug-likeness (QED) is 0.643. The summed E-state index contributed by atoms with van der Waals surface area (Å²) in [6.07, 6.45) is 4.69. The first kappa shape index (κ1) is 10.7. The number of rotatable bonds is 4. The summed E-state index contributed by atoms with van der Waals surface area (Å²) >= 11 is 0. The SMILES string of the molecule is c1cc(NCCNC2=NCCCN2)ccn1. The zero-order valence-electron chi connectivity index (χ0n) is 9.24. The van der Waals surface area contributed by atoms with Crippen molar-refractivity contribution >= 4 is 11.6 Å². The van der Waals surface area contributed by atoms with Gasteiger partial charge >= 0.3 is 0 Å². The summed E-state index contributed by atoms with van der Waals surface area (Å²) in [7, 11) is 0. The Morgan fingerprint density at radius 2 is 2.00 bits per heavy atom. The van der Waals surface area contributed by atoms with E-state index in [2.05, 4.69) is 25.9 Å². The lowest BCUT2D eigenvalue weighted by atomic mass is 10.4. The molecule has 0 aromatic carbocycles. The normalized spacial score (nSPS) is 14.9. The second-order valence-electron chi connectivity index (χ2n) is 3.60. The highest BCUT2D eigenvalue weighted by Gasteiger charge is 2.01. The van der Waals surface area contributed by atoms with Crippen LogP contribution in [0.4, 0.5) is 5.69 Å². The van der Waals surface area contributed by atoms with Gasteiger partial charge in [0.15, 0.2) is 5.96 Å². The first-order valence-electron chi connectivity index (χ1n) is 5.61. The number of aromatic nitrogens is 1. The first-order valence-corrected chi connectivity index (χ1v) is 5.61. The lowest BCUT2D eigenvalue weighted by Crippen LogP contribution is -2.42. The lowest BCUT2D eigenvalue weighted by Gasteiger charge is -2.16. The maximum Gasteiger partial charge on any atom is 0.191 e. The first-order chi connectivity index (χ1) is 7.95. The molecule has 0 atom stereocenters. The fourth-order valence-corrected chi connectivity index (χ4v) is 1.51. The Morgan fingerprint density at radius 3 is 2.75 bits per heavy atom. The molecular weight excluding hydrogens is 202 g/mol. The largest absolute Gasteiger partial charge is 0.383 e. The van der Waals surface area contributed by atoms with E-state index in [-0.39, 0.29) is 0 Å². The highest BCUT2D eigenvalue weighted by Crippen LogP contribution is 2.01. The van der Waals surface area contributed by atoms with Crippen LogP contribution in [0, 0.1) is 0 Å². The van der Waals surface area contributed by atoms with E-state index in [0.29, 0.717) is 0 Å². The molecule has 0 saturated heterocycles. The molecule has 1 aromatic heterocycles. The number of hydrogen-bond donors (Lipinski definition) is 3. The van der Waals surface area contributed by atoms with Gasteiger partial charge in [-0.25, -0.2) is 0 Å². The molecule has 0 fully saturated rings. The van der Waals surface area contributed by atoms with E-state index in [4.69, 9.17) is 0 Å². The summed E-state index contributed by atoms with van der Waals surface area (Å²) in [6.45, 7) is 3.66. The van der Waals surface area contributed by atoms with Gasteiger partial charge in [0.2, 0.25) is 0 Å². The topological polar surface area (TPSA) is 61.3 Å². The number of guanidine groups is 1. The highest BCUT2D eigenvalue weighted by atomic mass is 15.2. The smallest absolute Gasteiger partial charge is 0.191 e. The zero-order chi connectivity index (χ0) is 11.1. The van der Waals surface area contributed by atoms with Gasteiger partial charge in [0.25, 0.3) is 0 Å². The van der Waals surface area contributed by atoms with Crippen LogP contribution in [0.1, 0.15) is 6.42 Å². The van der Waals surface area contributed by atoms with Gasteiger partial charge in [0, 0.05) is 44.3 Å².